The average Bonchev–Trinajstić information content (AvgIpc) is 2.19. The Morgan fingerprint density at radius 1 is 1.88 bits per heavy atom. The Labute approximate surface area is 48.1 Å². The fourth-order valence-corrected chi connectivity index (χ4v) is 0.510. The number of hydrogen-bond donors (Lipinski definition) is 1. The Bertz CT molecular complexity index is 120. The van der Waals surface area contributed by atoms with Gasteiger partial charge >= 0.3 is 0 Å². The Hall–Kier alpha value is -0.990. The fourth-order valence-electron chi connectivity index (χ4n) is 0.510. The van der Waals surface area contributed by atoms with Gasteiger partial charge in [-0.2, -0.15) is 0 Å². The van der Waals surface area contributed by atoms with Crippen LogP contribution in [0.3, 0.4) is 0 Å². The summed E-state index contributed by atoms with van der Waals surface area (Å²) in [5.74, 6) is 0. The Morgan fingerprint density at radius 2 is 2.75 bits per heavy atom. The maximum absolute atomic E-state index is 4.96. The molecular formula is C5H8N2O. The maximum Gasteiger partial charge on any atom is 0.288 e. The first-order valence-corrected chi connectivity index (χ1v) is 2.48. The van der Waals surface area contributed by atoms with Crippen LogP contribution in [0.25, 0.3) is 0 Å². The highest BCUT2D eigenvalue weighted by molar-refractivity contribution is 5.75. The number of rotatable bonds is 1. The normalized spacial score (nSPS) is 16.8. The molecule has 0 aromatic carbocycles. The minimum absolute atomic E-state index is 0.583. The molecule has 0 saturated heterocycles. The number of amidine groups is 1. The number of aliphatic imine (C=N–C) groups is 1. The van der Waals surface area contributed by atoms with Gasteiger partial charge in [0, 0.05) is 0 Å². The Morgan fingerprint density at radius 3 is 3.25 bits per heavy atom. The zero-order valence-corrected chi connectivity index (χ0v) is 4.55. The van der Waals surface area contributed by atoms with Gasteiger partial charge in [0.15, 0.2) is 0 Å². The average molecular weight is 112 g/mol. The van der Waals surface area contributed by atoms with Crippen molar-refractivity contribution in [2.75, 3.05) is 13.2 Å². The van der Waals surface area contributed by atoms with Crippen molar-refractivity contribution in [1.82, 2.24) is 5.32 Å². The molecule has 8 heavy (non-hydrogen) atoms. The highest BCUT2D eigenvalue weighted by atomic mass is 16.5. The molecule has 0 spiro atoms. The van der Waals surface area contributed by atoms with Crippen molar-refractivity contribution in [1.29, 1.82) is 0 Å². The SMILES string of the molecule is C=CNC1=NCCO1. The van der Waals surface area contributed by atoms with Crippen molar-refractivity contribution in [3.8, 4) is 0 Å². The van der Waals surface area contributed by atoms with Crippen LogP contribution < -0.4 is 5.32 Å². The second kappa shape index (κ2) is 2.35. The molecule has 1 heterocycles. The zero-order chi connectivity index (χ0) is 5.82. The lowest BCUT2D eigenvalue weighted by Gasteiger charge is -1.95. The molecule has 0 unspecified atom stereocenters. The second-order valence-electron chi connectivity index (χ2n) is 1.38. The lowest BCUT2D eigenvalue weighted by Crippen LogP contribution is -2.16. The van der Waals surface area contributed by atoms with Gasteiger partial charge in [-0.1, -0.05) is 6.58 Å². The van der Waals surface area contributed by atoms with Gasteiger partial charge in [-0.3, -0.25) is 0 Å². The molecule has 1 N–H and O–H groups in total. The van der Waals surface area contributed by atoms with Gasteiger partial charge in [0.25, 0.3) is 6.02 Å². The largest absolute Gasteiger partial charge is 0.463 e. The molecule has 0 amide bonds. The highest BCUT2D eigenvalue weighted by Crippen LogP contribution is 1.88. The van der Waals surface area contributed by atoms with E-state index in [2.05, 4.69) is 16.9 Å². The molecule has 1 aliphatic rings. The minimum Gasteiger partial charge on any atom is -0.463 e. The first-order valence-electron chi connectivity index (χ1n) is 2.48. The molecule has 1 aliphatic heterocycles. The molecule has 0 aliphatic carbocycles. The molecule has 0 aromatic heterocycles. The number of ether oxygens (including phenoxy) is 1. The molecule has 0 bridgehead atoms. The molecule has 0 atom stereocenters. The molecule has 0 radical (unpaired) electrons. The lowest BCUT2D eigenvalue weighted by molar-refractivity contribution is 0.336. The lowest BCUT2D eigenvalue weighted by atomic mass is 10.8. The van der Waals surface area contributed by atoms with Gasteiger partial charge in [0.2, 0.25) is 0 Å². The quantitative estimate of drug-likeness (QED) is 0.522. The highest BCUT2D eigenvalue weighted by Gasteiger charge is 2.01. The van der Waals surface area contributed by atoms with Crippen molar-refractivity contribution in [3.05, 3.63) is 12.8 Å². The standard InChI is InChI=1S/C5H8N2O/c1-2-6-5-7-3-4-8-5/h2H,1,3-4H2,(H,6,7). The second-order valence-corrected chi connectivity index (χ2v) is 1.38. The summed E-state index contributed by atoms with van der Waals surface area (Å²) in [6.45, 7) is 4.90. The van der Waals surface area contributed by atoms with E-state index in [0.29, 0.717) is 12.6 Å². The van der Waals surface area contributed by atoms with Crippen LogP contribution in [-0.4, -0.2) is 19.2 Å². The van der Waals surface area contributed by atoms with Crippen molar-refractivity contribution < 1.29 is 4.74 Å². The van der Waals surface area contributed by atoms with E-state index in [9.17, 15) is 0 Å². The van der Waals surface area contributed by atoms with Crippen LogP contribution >= 0.6 is 0 Å². The Kier molecular flexibility index (Phi) is 1.51. The van der Waals surface area contributed by atoms with Gasteiger partial charge in [0.05, 0.1) is 6.54 Å². The smallest absolute Gasteiger partial charge is 0.288 e. The van der Waals surface area contributed by atoms with Crippen LogP contribution in [0.4, 0.5) is 0 Å². The van der Waals surface area contributed by atoms with E-state index in [1.165, 1.54) is 0 Å². The molecular weight excluding hydrogens is 104 g/mol. The van der Waals surface area contributed by atoms with Crippen LogP contribution in [0.5, 0.6) is 0 Å². The van der Waals surface area contributed by atoms with E-state index in [1.54, 1.807) is 6.20 Å². The summed E-state index contributed by atoms with van der Waals surface area (Å²) < 4.78 is 4.96. The minimum atomic E-state index is 0.583. The van der Waals surface area contributed by atoms with Crippen molar-refractivity contribution in [3.63, 3.8) is 0 Å². The Balaban J connectivity index is 2.33. The monoisotopic (exact) mass is 112 g/mol. The first-order chi connectivity index (χ1) is 3.93. The summed E-state index contributed by atoms with van der Waals surface area (Å²) in [5, 5.41) is 2.74. The summed E-state index contributed by atoms with van der Waals surface area (Å²) in [6, 6.07) is 0.583. The van der Waals surface area contributed by atoms with Crippen molar-refractivity contribution in [2.45, 2.75) is 0 Å². The van der Waals surface area contributed by atoms with Crippen LogP contribution in [0.1, 0.15) is 0 Å². The van der Waals surface area contributed by atoms with Crippen LogP contribution in [-0.2, 0) is 4.74 Å². The number of hydrogen-bond acceptors (Lipinski definition) is 3. The molecule has 1 rings (SSSR count). The van der Waals surface area contributed by atoms with E-state index < -0.39 is 0 Å². The maximum atomic E-state index is 4.96. The van der Waals surface area contributed by atoms with Crippen molar-refractivity contribution in [2.24, 2.45) is 4.99 Å². The molecule has 3 nitrogen and oxygen atoms in total. The molecule has 44 valence electrons. The van der Waals surface area contributed by atoms with Gasteiger partial charge in [-0.05, 0) is 6.20 Å². The zero-order valence-electron chi connectivity index (χ0n) is 4.55. The third kappa shape index (κ3) is 0.992. The van der Waals surface area contributed by atoms with Crippen LogP contribution in [0, 0.1) is 0 Å². The topological polar surface area (TPSA) is 33.6 Å². The predicted octanol–water partition coefficient (Wildman–Crippen LogP) is 0.106. The summed E-state index contributed by atoms with van der Waals surface area (Å²) in [6.07, 6.45) is 1.55. The summed E-state index contributed by atoms with van der Waals surface area (Å²) in [5.41, 5.74) is 0. The van der Waals surface area contributed by atoms with Gasteiger partial charge in [-0.15, -0.1) is 0 Å². The van der Waals surface area contributed by atoms with E-state index in [4.69, 9.17) is 4.74 Å². The third-order valence-corrected chi connectivity index (χ3v) is 0.811. The van der Waals surface area contributed by atoms with Crippen LogP contribution in [0.2, 0.25) is 0 Å². The van der Waals surface area contributed by atoms with Gasteiger partial charge in [-0.25, -0.2) is 4.99 Å². The fraction of sp³-hybridized carbons (Fsp3) is 0.400. The van der Waals surface area contributed by atoms with E-state index in [1.807, 2.05) is 0 Å². The predicted molar refractivity (Wildman–Crippen MR) is 31.6 cm³/mol. The summed E-state index contributed by atoms with van der Waals surface area (Å²) in [4.78, 5) is 3.94. The van der Waals surface area contributed by atoms with Gasteiger partial charge < -0.3 is 10.1 Å². The van der Waals surface area contributed by atoms with E-state index in [-0.39, 0.29) is 0 Å². The molecule has 0 fully saturated rings. The molecule has 0 aromatic rings. The molecule has 3 heteroatoms. The van der Waals surface area contributed by atoms with Crippen LogP contribution in [0.15, 0.2) is 17.8 Å². The first kappa shape index (κ1) is 5.15. The molecule has 0 saturated carbocycles. The summed E-state index contributed by atoms with van der Waals surface area (Å²) >= 11 is 0. The number of nitrogens with zero attached hydrogens (tertiary/aromatic N) is 1. The van der Waals surface area contributed by atoms with Gasteiger partial charge in [0.1, 0.15) is 6.61 Å². The third-order valence-electron chi connectivity index (χ3n) is 0.811. The van der Waals surface area contributed by atoms with E-state index >= 15 is 0 Å². The summed E-state index contributed by atoms with van der Waals surface area (Å²) in [7, 11) is 0. The van der Waals surface area contributed by atoms with Crippen molar-refractivity contribution >= 4 is 6.02 Å². The van der Waals surface area contributed by atoms with E-state index in [0.717, 1.165) is 6.54 Å². The number of nitrogens with one attached hydrogen (secondary N) is 1.